The molecule has 0 bridgehead atoms. The first-order chi connectivity index (χ1) is 16.9. The lowest BCUT2D eigenvalue weighted by molar-refractivity contribution is -0.903. The number of carboxylic acids is 2. The maximum absolute atomic E-state index is 13.7. The topological polar surface area (TPSA) is 111 Å². The number of hydrogen-bond donors (Lipinski definition) is 2. The van der Waals surface area contributed by atoms with Gasteiger partial charge in [-0.15, -0.1) is 0 Å². The van der Waals surface area contributed by atoms with Gasteiger partial charge in [0.15, 0.2) is 5.60 Å². The van der Waals surface area contributed by atoms with Crippen LogP contribution in [0.3, 0.4) is 0 Å². The molecule has 8 nitrogen and oxygen atoms in total. The Hall–Kier alpha value is -3.49. The van der Waals surface area contributed by atoms with Crippen LogP contribution in [0.1, 0.15) is 37.3 Å². The number of fused-ring (bicyclic) bond motifs is 1. The standard InChI is InChI=1S/C23H28N2O2.C4H4O4/c1-2-27-23(19-11-5-3-6-12-19)20-13-7-8-14-21(20)25(22(23)26)18-17-24-15-9-4-10-16-24;5-3(6)1-2-4(7)8/h3,5-8,11-14H,2,4,9-10,15-18H2,1H3;1-2H,(H,5,6)(H,7,8)/b;2-1+. The number of carbonyl (C=O) groups excluding carboxylic acids is 2. The Labute approximate surface area is 205 Å². The van der Waals surface area contributed by atoms with Crippen molar-refractivity contribution >= 4 is 23.5 Å². The van der Waals surface area contributed by atoms with Gasteiger partial charge >= 0.3 is 5.97 Å². The van der Waals surface area contributed by atoms with Crippen LogP contribution in [0.4, 0.5) is 5.69 Å². The van der Waals surface area contributed by atoms with E-state index in [1.54, 1.807) is 4.90 Å². The van der Waals surface area contributed by atoms with Gasteiger partial charge in [0.2, 0.25) is 0 Å². The fraction of sp³-hybridized carbons (Fsp3) is 0.370. The third kappa shape index (κ3) is 6.15. The number of benzene rings is 2. The van der Waals surface area contributed by atoms with Crippen LogP contribution in [-0.4, -0.2) is 55.7 Å². The first kappa shape index (κ1) is 26.1. The molecule has 1 atom stereocenters. The van der Waals surface area contributed by atoms with Crippen LogP contribution in [0, 0.1) is 0 Å². The second-order valence-electron chi connectivity index (χ2n) is 8.51. The summed E-state index contributed by atoms with van der Waals surface area (Å²) in [6.07, 6.45) is 4.88. The van der Waals surface area contributed by atoms with Crippen molar-refractivity contribution < 1.29 is 34.2 Å². The third-order valence-electron chi connectivity index (χ3n) is 6.27. The number of carbonyl (C=O) groups is 3. The zero-order chi connectivity index (χ0) is 25.3. The van der Waals surface area contributed by atoms with Crippen molar-refractivity contribution in [2.24, 2.45) is 0 Å². The number of ether oxygens (including phenoxy) is 1. The second-order valence-corrected chi connectivity index (χ2v) is 8.51. The maximum Gasteiger partial charge on any atom is 0.328 e. The van der Waals surface area contributed by atoms with Gasteiger partial charge in [0.05, 0.1) is 37.8 Å². The highest BCUT2D eigenvalue weighted by Gasteiger charge is 2.53. The van der Waals surface area contributed by atoms with Gasteiger partial charge in [-0.2, -0.15) is 0 Å². The summed E-state index contributed by atoms with van der Waals surface area (Å²) in [5.41, 5.74) is 1.86. The Morgan fingerprint density at radius 2 is 1.71 bits per heavy atom. The summed E-state index contributed by atoms with van der Waals surface area (Å²) >= 11 is 0. The van der Waals surface area contributed by atoms with E-state index in [1.165, 1.54) is 32.4 Å². The van der Waals surface area contributed by atoms with Crippen molar-refractivity contribution in [3.05, 3.63) is 77.9 Å². The van der Waals surface area contributed by atoms with Crippen LogP contribution >= 0.6 is 0 Å². The monoisotopic (exact) mass is 480 g/mol. The van der Waals surface area contributed by atoms with Gasteiger partial charge < -0.3 is 29.5 Å². The van der Waals surface area contributed by atoms with Crippen molar-refractivity contribution in [1.82, 2.24) is 0 Å². The van der Waals surface area contributed by atoms with Gasteiger partial charge in [0.25, 0.3) is 5.91 Å². The number of anilines is 1. The van der Waals surface area contributed by atoms with Gasteiger partial charge in [-0.1, -0.05) is 48.5 Å². The molecular weight excluding hydrogens is 448 g/mol. The van der Waals surface area contributed by atoms with E-state index in [0.29, 0.717) is 18.8 Å². The highest BCUT2D eigenvalue weighted by atomic mass is 16.5. The van der Waals surface area contributed by atoms with E-state index in [-0.39, 0.29) is 5.91 Å². The zero-order valence-electron chi connectivity index (χ0n) is 19.9. The molecule has 35 heavy (non-hydrogen) atoms. The minimum atomic E-state index is -1.51. The molecule has 8 heteroatoms. The zero-order valence-corrected chi connectivity index (χ0v) is 19.9. The summed E-state index contributed by atoms with van der Waals surface area (Å²) < 4.78 is 6.24. The van der Waals surface area contributed by atoms with E-state index in [4.69, 9.17) is 9.84 Å². The fourth-order valence-electron chi connectivity index (χ4n) is 4.75. The lowest BCUT2D eigenvalue weighted by Crippen LogP contribution is -3.13. The van der Waals surface area contributed by atoms with Crippen LogP contribution in [0.2, 0.25) is 0 Å². The predicted molar refractivity (Wildman–Crippen MR) is 129 cm³/mol. The number of nitrogens with one attached hydrogen (secondary N) is 1. The molecular formula is C27H32N2O6. The van der Waals surface area contributed by atoms with E-state index < -0.39 is 17.5 Å². The van der Waals surface area contributed by atoms with E-state index in [9.17, 15) is 19.5 Å². The summed E-state index contributed by atoms with van der Waals surface area (Å²) in [6, 6.07) is 18.1. The second kappa shape index (κ2) is 12.3. The number of amides is 1. The summed E-state index contributed by atoms with van der Waals surface area (Å²) in [4.78, 5) is 36.3. The number of likely N-dealkylation sites (tertiary alicyclic amines) is 1. The van der Waals surface area contributed by atoms with E-state index in [1.807, 2.05) is 60.4 Å². The Kier molecular flexibility index (Phi) is 9.17. The predicted octanol–water partition coefficient (Wildman–Crippen LogP) is 0.759. The molecule has 2 heterocycles. The number of carboxylic acid groups (broad SMARTS) is 2. The fourth-order valence-corrected chi connectivity index (χ4v) is 4.75. The Morgan fingerprint density at radius 3 is 2.31 bits per heavy atom. The Bertz CT molecular complexity index is 1030. The molecule has 2 aromatic carbocycles. The lowest BCUT2D eigenvalue weighted by atomic mass is 9.87. The molecule has 1 saturated heterocycles. The Morgan fingerprint density at radius 1 is 1.06 bits per heavy atom. The first-order valence-electron chi connectivity index (χ1n) is 12.0. The SMILES string of the molecule is CCOC1(c2ccccc2)C(=O)N(CC[NH+]2CCCCC2)c2ccccc21.O=C([O-])/C=C/C(=O)O. The van der Waals surface area contributed by atoms with Gasteiger partial charge in [0, 0.05) is 18.2 Å². The highest BCUT2D eigenvalue weighted by molar-refractivity contribution is 6.09. The molecule has 0 saturated carbocycles. The van der Waals surface area contributed by atoms with Crippen LogP contribution in [0.5, 0.6) is 0 Å². The van der Waals surface area contributed by atoms with E-state index in [0.717, 1.165) is 29.9 Å². The quantitative estimate of drug-likeness (QED) is 0.540. The molecule has 2 aliphatic rings. The van der Waals surface area contributed by atoms with E-state index in [2.05, 4.69) is 6.07 Å². The first-order valence-corrected chi connectivity index (χ1v) is 12.0. The van der Waals surface area contributed by atoms with Gasteiger partial charge in [-0.25, -0.2) is 4.79 Å². The van der Waals surface area contributed by atoms with Gasteiger partial charge in [-0.05, 0) is 43.9 Å². The van der Waals surface area contributed by atoms with Crippen molar-refractivity contribution in [2.45, 2.75) is 31.8 Å². The molecule has 2 aliphatic heterocycles. The van der Waals surface area contributed by atoms with Gasteiger partial charge in [-0.3, -0.25) is 4.79 Å². The highest BCUT2D eigenvalue weighted by Crippen LogP contribution is 2.46. The number of aliphatic carboxylic acids is 2. The molecule has 1 fully saturated rings. The number of hydrogen-bond acceptors (Lipinski definition) is 5. The third-order valence-corrected chi connectivity index (χ3v) is 6.27. The number of quaternary nitrogens is 1. The molecule has 1 amide bonds. The molecule has 0 aliphatic carbocycles. The normalized spacial score (nSPS) is 19.8. The molecule has 1 unspecified atom stereocenters. The van der Waals surface area contributed by atoms with Gasteiger partial charge in [0.1, 0.15) is 0 Å². The smallest absolute Gasteiger partial charge is 0.328 e. The number of piperidine rings is 1. The summed E-state index contributed by atoms with van der Waals surface area (Å²) in [6.45, 7) is 6.63. The molecule has 4 rings (SSSR count). The molecule has 2 aromatic rings. The number of rotatable bonds is 8. The average molecular weight is 481 g/mol. The van der Waals surface area contributed by atoms with Crippen LogP contribution in [0.15, 0.2) is 66.7 Å². The lowest BCUT2D eigenvalue weighted by Gasteiger charge is -2.30. The number of para-hydroxylation sites is 1. The van der Waals surface area contributed by atoms with E-state index >= 15 is 0 Å². The van der Waals surface area contributed by atoms with Crippen LogP contribution in [-0.2, 0) is 24.7 Å². The average Bonchev–Trinajstić information content (AvgIpc) is 3.11. The molecule has 2 N–H and O–H groups in total. The largest absolute Gasteiger partial charge is 0.545 e. The maximum atomic E-state index is 13.7. The van der Waals surface area contributed by atoms with Crippen molar-refractivity contribution in [1.29, 1.82) is 0 Å². The van der Waals surface area contributed by atoms with Crippen molar-refractivity contribution in [3.8, 4) is 0 Å². The van der Waals surface area contributed by atoms with Crippen molar-refractivity contribution in [2.75, 3.05) is 37.7 Å². The summed E-state index contributed by atoms with van der Waals surface area (Å²) in [5.74, 6) is -2.75. The van der Waals surface area contributed by atoms with Crippen LogP contribution < -0.4 is 14.9 Å². The Balaban J connectivity index is 0.000000371. The van der Waals surface area contributed by atoms with Crippen molar-refractivity contribution in [3.63, 3.8) is 0 Å². The molecule has 186 valence electrons. The minimum absolute atomic E-state index is 0.0492. The number of nitrogens with zero attached hydrogens (tertiary/aromatic N) is 1. The minimum Gasteiger partial charge on any atom is -0.545 e. The van der Waals surface area contributed by atoms with Crippen LogP contribution in [0.25, 0.3) is 0 Å². The summed E-state index contributed by atoms with van der Waals surface area (Å²) in [5, 5.41) is 17.2. The molecule has 0 radical (unpaired) electrons. The summed E-state index contributed by atoms with van der Waals surface area (Å²) in [7, 11) is 0. The molecule has 0 spiro atoms. The molecule has 0 aromatic heterocycles.